The van der Waals surface area contributed by atoms with Crippen LogP contribution >= 0.6 is 0 Å². The molecule has 5 heteroatoms. The van der Waals surface area contributed by atoms with Gasteiger partial charge in [0.1, 0.15) is 18.5 Å². The summed E-state index contributed by atoms with van der Waals surface area (Å²) in [5.74, 6) is -0.494. The summed E-state index contributed by atoms with van der Waals surface area (Å²) in [6, 6.07) is 12.7. The van der Waals surface area contributed by atoms with E-state index in [-0.39, 0.29) is 17.9 Å². The third-order valence-corrected chi connectivity index (χ3v) is 6.66. The minimum Gasteiger partial charge on any atom is -0.491 e. The van der Waals surface area contributed by atoms with Gasteiger partial charge in [-0.3, -0.25) is 4.79 Å². The monoisotopic (exact) mass is 440 g/mol. The van der Waals surface area contributed by atoms with Gasteiger partial charge in [0.05, 0.1) is 13.0 Å². The molecule has 3 rings (SSSR count). The van der Waals surface area contributed by atoms with Gasteiger partial charge in [-0.1, -0.05) is 44.2 Å². The van der Waals surface area contributed by atoms with E-state index in [2.05, 4.69) is 51.1 Å². The fraction of sp³-hybridized carbons (Fsp3) is 0.519. The summed E-state index contributed by atoms with van der Waals surface area (Å²) in [6.07, 6.45) is 1.88. The second-order valence-corrected chi connectivity index (χ2v) is 9.24. The molecule has 2 aromatic rings. The number of aryl methyl sites for hydroxylation is 2. The Labute approximate surface area is 191 Å². The van der Waals surface area contributed by atoms with Gasteiger partial charge in [0.2, 0.25) is 0 Å². The van der Waals surface area contributed by atoms with Crippen LogP contribution in [0.4, 0.5) is 0 Å². The van der Waals surface area contributed by atoms with Crippen LogP contribution in [0.15, 0.2) is 36.4 Å². The lowest BCUT2D eigenvalue weighted by Crippen LogP contribution is -2.27. The minimum atomic E-state index is -0.803. The van der Waals surface area contributed by atoms with Crippen LogP contribution in [0.5, 0.6) is 5.75 Å². The van der Waals surface area contributed by atoms with Crippen molar-refractivity contribution in [1.82, 2.24) is 0 Å². The highest BCUT2D eigenvalue weighted by molar-refractivity contribution is 5.70. The number of aliphatic carboxylic acids is 1. The molecule has 1 atom stereocenters. The third kappa shape index (κ3) is 5.16. The minimum absolute atomic E-state index is 0.0510. The van der Waals surface area contributed by atoms with Gasteiger partial charge in [-0.25, -0.2) is 0 Å². The normalized spacial score (nSPS) is 18.0. The van der Waals surface area contributed by atoms with Gasteiger partial charge in [0.25, 0.3) is 0 Å². The molecular formula is C27H36O5. The largest absolute Gasteiger partial charge is 0.491 e. The molecule has 0 bridgehead atoms. The van der Waals surface area contributed by atoms with Crippen molar-refractivity contribution in [3.8, 4) is 5.75 Å². The summed E-state index contributed by atoms with van der Waals surface area (Å²) in [4.78, 5) is 11.1. The molecule has 0 amide bonds. The Morgan fingerprint density at radius 1 is 1.09 bits per heavy atom. The quantitative estimate of drug-likeness (QED) is 0.552. The summed E-state index contributed by atoms with van der Waals surface area (Å²) in [6.45, 7) is 13.3. The Bertz CT molecular complexity index is 959. The summed E-state index contributed by atoms with van der Waals surface area (Å²) in [5.41, 5.74) is 5.31. The second-order valence-electron chi connectivity index (χ2n) is 9.24. The summed E-state index contributed by atoms with van der Waals surface area (Å²) in [7, 11) is 0. The Hall–Kier alpha value is -2.37. The highest BCUT2D eigenvalue weighted by Crippen LogP contribution is 2.41. The highest BCUT2D eigenvalue weighted by atomic mass is 16.7. The van der Waals surface area contributed by atoms with Crippen molar-refractivity contribution in [2.24, 2.45) is 0 Å². The number of carbonyl (C=O) groups is 1. The van der Waals surface area contributed by atoms with Crippen LogP contribution in [-0.2, 0) is 26.1 Å². The van der Waals surface area contributed by atoms with E-state index in [4.69, 9.17) is 19.3 Å². The SMILES string of the molecule is CCC(CC)(c1ccc(CC(=O)O)c(C)c1)c1ccc(OCC2COC(C)(C)O2)c(C)c1. The smallest absolute Gasteiger partial charge is 0.307 e. The Kier molecular flexibility index (Phi) is 7.31. The van der Waals surface area contributed by atoms with E-state index in [0.29, 0.717) is 13.2 Å². The summed E-state index contributed by atoms with van der Waals surface area (Å²) in [5, 5.41) is 9.16. The predicted molar refractivity (Wildman–Crippen MR) is 125 cm³/mol. The van der Waals surface area contributed by atoms with Crippen molar-refractivity contribution >= 4 is 5.97 Å². The molecule has 0 saturated carbocycles. The first kappa shape index (κ1) is 24.3. The fourth-order valence-corrected chi connectivity index (χ4v) is 4.72. The topological polar surface area (TPSA) is 65.0 Å². The average molecular weight is 441 g/mol. The van der Waals surface area contributed by atoms with Gasteiger partial charge in [-0.15, -0.1) is 0 Å². The number of rotatable bonds is 9. The number of benzene rings is 2. The molecule has 5 nitrogen and oxygen atoms in total. The maximum absolute atomic E-state index is 11.1. The van der Waals surface area contributed by atoms with E-state index in [1.165, 1.54) is 11.1 Å². The molecule has 174 valence electrons. The molecular weight excluding hydrogens is 404 g/mol. The molecule has 2 aromatic carbocycles. The summed E-state index contributed by atoms with van der Waals surface area (Å²) < 4.78 is 17.5. The van der Waals surface area contributed by atoms with Crippen molar-refractivity contribution in [3.05, 3.63) is 64.2 Å². The molecule has 32 heavy (non-hydrogen) atoms. The molecule has 0 radical (unpaired) electrons. The zero-order valence-electron chi connectivity index (χ0n) is 20.2. The van der Waals surface area contributed by atoms with Crippen molar-refractivity contribution in [1.29, 1.82) is 0 Å². The molecule has 1 heterocycles. The fourth-order valence-electron chi connectivity index (χ4n) is 4.72. The lowest BCUT2D eigenvalue weighted by Gasteiger charge is -2.34. The van der Waals surface area contributed by atoms with Crippen molar-refractivity contribution in [2.45, 2.75) is 78.1 Å². The molecule has 0 aromatic heterocycles. The number of carboxylic acids is 1. The van der Waals surface area contributed by atoms with E-state index >= 15 is 0 Å². The lowest BCUT2D eigenvalue weighted by molar-refractivity contribution is -0.141. The molecule has 1 N–H and O–H groups in total. The van der Waals surface area contributed by atoms with Crippen LogP contribution in [0.2, 0.25) is 0 Å². The number of carboxylic acid groups (broad SMARTS) is 1. The predicted octanol–water partition coefficient (Wildman–Crippen LogP) is 5.57. The average Bonchev–Trinajstić information content (AvgIpc) is 3.09. The molecule has 1 saturated heterocycles. The van der Waals surface area contributed by atoms with Crippen LogP contribution in [-0.4, -0.2) is 36.2 Å². The van der Waals surface area contributed by atoms with Gasteiger partial charge in [-0.2, -0.15) is 0 Å². The number of hydrogen-bond acceptors (Lipinski definition) is 4. The second kappa shape index (κ2) is 9.63. The van der Waals surface area contributed by atoms with Crippen molar-refractivity contribution in [3.63, 3.8) is 0 Å². The molecule has 1 fully saturated rings. The maximum atomic E-state index is 11.1. The lowest BCUT2D eigenvalue weighted by atomic mass is 9.70. The summed E-state index contributed by atoms with van der Waals surface area (Å²) >= 11 is 0. The van der Waals surface area contributed by atoms with Crippen LogP contribution < -0.4 is 4.74 Å². The zero-order chi connectivity index (χ0) is 23.5. The van der Waals surface area contributed by atoms with E-state index in [1.54, 1.807) is 0 Å². The molecule has 0 spiro atoms. The van der Waals surface area contributed by atoms with Gasteiger partial charge in [-0.05, 0) is 74.4 Å². The van der Waals surface area contributed by atoms with Gasteiger partial charge >= 0.3 is 5.97 Å². The highest BCUT2D eigenvalue weighted by Gasteiger charge is 2.34. The van der Waals surface area contributed by atoms with Crippen molar-refractivity contribution in [2.75, 3.05) is 13.2 Å². The number of ether oxygens (including phenoxy) is 3. The standard InChI is InChI=1S/C27H36O5/c1-7-27(8-2,21-10-9-20(15-25(28)29)18(3)13-21)22-11-12-24(19(4)14-22)30-16-23-17-31-26(5,6)32-23/h9-14,23H,7-8,15-17H2,1-6H3,(H,28,29). The van der Waals surface area contributed by atoms with Gasteiger partial charge in [0, 0.05) is 5.41 Å². The Morgan fingerprint density at radius 2 is 1.72 bits per heavy atom. The van der Waals surface area contributed by atoms with Crippen LogP contribution in [0.25, 0.3) is 0 Å². The van der Waals surface area contributed by atoms with E-state index in [1.807, 2.05) is 26.8 Å². The number of hydrogen-bond donors (Lipinski definition) is 1. The van der Waals surface area contributed by atoms with Crippen molar-refractivity contribution < 1.29 is 24.1 Å². The van der Waals surface area contributed by atoms with Crippen LogP contribution in [0, 0.1) is 13.8 Å². The Balaban J connectivity index is 1.84. The Morgan fingerprint density at radius 3 is 2.22 bits per heavy atom. The van der Waals surface area contributed by atoms with Gasteiger partial charge in [0.15, 0.2) is 5.79 Å². The first-order chi connectivity index (χ1) is 15.1. The first-order valence-corrected chi connectivity index (χ1v) is 11.5. The molecule has 1 aliphatic rings. The van der Waals surface area contributed by atoms with E-state index < -0.39 is 11.8 Å². The van der Waals surface area contributed by atoms with Gasteiger partial charge < -0.3 is 19.3 Å². The van der Waals surface area contributed by atoms with Crippen LogP contribution in [0.3, 0.4) is 0 Å². The van der Waals surface area contributed by atoms with E-state index in [9.17, 15) is 4.79 Å². The third-order valence-electron chi connectivity index (χ3n) is 6.66. The zero-order valence-corrected chi connectivity index (χ0v) is 20.2. The molecule has 1 aliphatic heterocycles. The first-order valence-electron chi connectivity index (χ1n) is 11.5. The van der Waals surface area contributed by atoms with E-state index in [0.717, 1.165) is 35.3 Å². The molecule has 0 aliphatic carbocycles. The maximum Gasteiger partial charge on any atom is 0.307 e. The molecule has 1 unspecified atom stereocenters. The van der Waals surface area contributed by atoms with Crippen LogP contribution in [0.1, 0.15) is 68.4 Å².